The van der Waals surface area contributed by atoms with Crippen molar-refractivity contribution in [3.63, 3.8) is 0 Å². The van der Waals surface area contributed by atoms with Gasteiger partial charge in [-0.05, 0) is 62.8 Å². The lowest BCUT2D eigenvalue weighted by Gasteiger charge is -2.26. The highest BCUT2D eigenvalue weighted by Gasteiger charge is 2.46. The standard InChI is InChI=1S/C36H46ClN2O2/c1-25(40-7)38-31-20-11-9-18-29(31)35(3,4)24-14-17-27-15-13-16-28(34(27)37)22-23-33-36(5,6)30-19-10-12-21-32(30)39(33)26(2)41-8/h9-12,14,17-26,38H,13,15-16H2,1-8H3/q+1. The number of para-hydroxylation sites is 2. The molecule has 0 radical (unpaired) electrons. The fraction of sp³-hybridized carbons (Fsp3) is 0.417. The first-order valence-corrected chi connectivity index (χ1v) is 15.0. The minimum absolute atomic E-state index is 0.0670. The number of nitrogens with one attached hydrogen (secondary N) is 1. The van der Waals surface area contributed by atoms with E-state index in [1.54, 1.807) is 14.2 Å². The van der Waals surface area contributed by atoms with E-state index in [1.807, 2.05) is 6.92 Å². The third-order valence-electron chi connectivity index (χ3n) is 8.48. The van der Waals surface area contributed by atoms with Gasteiger partial charge >= 0.3 is 0 Å². The molecule has 0 amide bonds. The molecule has 2 aromatic rings. The van der Waals surface area contributed by atoms with E-state index < -0.39 is 0 Å². The zero-order valence-electron chi connectivity index (χ0n) is 25.9. The summed E-state index contributed by atoms with van der Waals surface area (Å²) in [7, 11) is 3.48. The van der Waals surface area contributed by atoms with Crippen molar-refractivity contribution in [3.05, 3.63) is 106 Å². The molecule has 2 atom stereocenters. The second-order valence-electron chi connectivity index (χ2n) is 12.1. The van der Waals surface area contributed by atoms with Gasteiger partial charge in [-0.25, -0.2) is 0 Å². The fourth-order valence-electron chi connectivity index (χ4n) is 5.90. The quantitative estimate of drug-likeness (QED) is 0.227. The number of rotatable bonds is 10. The summed E-state index contributed by atoms with van der Waals surface area (Å²) in [6.45, 7) is 13.1. The van der Waals surface area contributed by atoms with Crippen LogP contribution >= 0.6 is 11.6 Å². The number of allylic oxidation sites excluding steroid dienone is 8. The van der Waals surface area contributed by atoms with Crippen LogP contribution in [0.4, 0.5) is 11.4 Å². The molecule has 0 bridgehead atoms. The molecule has 4 nitrogen and oxygen atoms in total. The van der Waals surface area contributed by atoms with Crippen molar-refractivity contribution in [1.82, 2.24) is 0 Å². The molecule has 5 heteroatoms. The van der Waals surface area contributed by atoms with Crippen LogP contribution in [0.15, 0.2) is 95.1 Å². The van der Waals surface area contributed by atoms with Crippen molar-refractivity contribution in [1.29, 1.82) is 0 Å². The minimum atomic E-state index is -0.178. The van der Waals surface area contributed by atoms with Gasteiger partial charge in [0.15, 0.2) is 5.71 Å². The highest BCUT2D eigenvalue weighted by atomic mass is 35.5. The molecule has 0 saturated carbocycles. The van der Waals surface area contributed by atoms with Crippen molar-refractivity contribution < 1.29 is 14.0 Å². The van der Waals surface area contributed by atoms with Gasteiger partial charge in [-0.2, -0.15) is 4.58 Å². The molecule has 1 heterocycles. The van der Waals surface area contributed by atoms with E-state index in [2.05, 4.69) is 123 Å². The summed E-state index contributed by atoms with van der Waals surface area (Å²) in [6.07, 6.45) is 14.0. The number of hydrogen-bond acceptors (Lipinski definition) is 3. The number of nitrogens with zero attached hydrogens (tertiary/aromatic N) is 1. The third-order valence-corrected chi connectivity index (χ3v) is 8.97. The normalized spacial score (nSPS) is 19.9. The van der Waals surface area contributed by atoms with Crippen LogP contribution in [-0.4, -0.2) is 37.0 Å². The average Bonchev–Trinajstić information content (AvgIpc) is 3.19. The Morgan fingerprint density at radius 2 is 1.68 bits per heavy atom. The Morgan fingerprint density at radius 1 is 0.976 bits per heavy atom. The van der Waals surface area contributed by atoms with Gasteiger partial charge in [-0.1, -0.05) is 86.2 Å². The Labute approximate surface area is 252 Å². The summed E-state index contributed by atoms with van der Waals surface area (Å²) < 4.78 is 13.5. The van der Waals surface area contributed by atoms with Crippen molar-refractivity contribution in [3.8, 4) is 0 Å². The Kier molecular flexibility index (Phi) is 9.79. The SMILES string of the molecule is COC(C)Nc1ccccc1C(C)(C)C=CC=C1CCCC(C=CC2=[N+](C(C)OC)c3ccccc3C2(C)C)=C1Cl. The van der Waals surface area contributed by atoms with E-state index in [9.17, 15) is 0 Å². The van der Waals surface area contributed by atoms with Crippen molar-refractivity contribution in [2.45, 2.75) is 84.1 Å². The molecule has 0 saturated heterocycles. The molecule has 1 N–H and O–H groups in total. The van der Waals surface area contributed by atoms with Gasteiger partial charge in [0.25, 0.3) is 6.23 Å². The van der Waals surface area contributed by atoms with E-state index >= 15 is 0 Å². The monoisotopic (exact) mass is 573 g/mol. The lowest BCUT2D eigenvalue weighted by atomic mass is 9.81. The predicted molar refractivity (Wildman–Crippen MR) is 174 cm³/mol. The van der Waals surface area contributed by atoms with Crippen LogP contribution < -0.4 is 5.32 Å². The molecule has 1 aliphatic carbocycles. The van der Waals surface area contributed by atoms with Gasteiger partial charge in [0, 0.05) is 55.0 Å². The first-order chi connectivity index (χ1) is 19.5. The molecule has 218 valence electrons. The van der Waals surface area contributed by atoms with E-state index in [-0.39, 0.29) is 23.3 Å². The van der Waals surface area contributed by atoms with Gasteiger partial charge in [0.1, 0.15) is 6.23 Å². The lowest BCUT2D eigenvalue weighted by molar-refractivity contribution is -0.532. The number of methoxy groups -OCH3 is 2. The number of hydrogen-bond donors (Lipinski definition) is 1. The first-order valence-electron chi connectivity index (χ1n) is 14.6. The summed E-state index contributed by atoms with van der Waals surface area (Å²) in [4.78, 5) is 0. The summed E-state index contributed by atoms with van der Waals surface area (Å²) >= 11 is 7.04. The third kappa shape index (κ3) is 6.61. The van der Waals surface area contributed by atoms with Gasteiger partial charge in [0.05, 0.1) is 5.41 Å². The summed E-state index contributed by atoms with van der Waals surface area (Å²) in [5.74, 6) is 0. The highest BCUT2D eigenvalue weighted by molar-refractivity contribution is 6.32. The molecule has 0 aromatic heterocycles. The summed E-state index contributed by atoms with van der Waals surface area (Å²) in [5, 5.41) is 4.33. The van der Waals surface area contributed by atoms with Crippen LogP contribution in [0.1, 0.15) is 71.9 Å². The molecule has 2 aliphatic rings. The fourth-order valence-corrected chi connectivity index (χ4v) is 6.21. The van der Waals surface area contributed by atoms with Crippen LogP contribution in [0.2, 0.25) is 0 Å². The molecule has 41 heavy (non-hydrogen) atoms. The smallest absolute Gasteiger partial charge is 0.260 e. The topological polar surface area (TPSA) is 33.5 Å². The van der Waals surface area contributed by atoms with Crippen LogP contribution in [-0.2, 0) is 20.3 Å². The number of ether oxygens (including phenoxy) is 2. The molecule has 1 aliphatic heterocycles. The van der Waals surface area contributed by atoms with Gasteiger partial charge < -0.3 is 14.8 Å². The molecule has 0 fully saturated rings. The van der Waals surface area contributed by atoms with E-state index in [4.69, 9.17) is 21.1 Å². The summed E-state index contributed by atoms with van der Waals surface area (Å²) in [5.41, 5.74) is 8.10. The maximum absolute atomic E-state index is 7.04. The maximum atomic E-state index is 7.04. The number of benzene rings is 2. The van der Waals surface area contributed by atoms with Gasteiger partial charge in [0.2, 0.25) is 5.69 Å². The first kappa shape index (κ1) is 31.0. The molecule has 2 aromatic carbocycles. The zero-order valence-corrected chi connectivity index (χ0v) is 26.7. The Balaban J connectivity index is 1.61. The number of anilines is 1. The molecule has 4 rings (SSSR count). The van der Waals surface area contributed by atoms with Crippen LogP contribution in [0.3, 0.4) is 0 Å². The zero-order chi connectivity index (χ0) is 29.8. The molecule has 0 spiro atoms. The Hall–Kier alpha value is -2.92. The lowest BCUT2D eigenvalue weighted by Crippen LogP contribution is -2.31. The van der Waals surface area contributed by atoms with Crippen LogP contribution in [0.25, 0.3) is 0 Å². The van der Waals surface area contributed by atoms with Gasteiger partial charge in [-0.15, -0.1) is 0 Å². The molecule has 2 unspecified atom stereocenters. The number of halogens is 1. The highest BCUT2D eigenvalue weighted by Crippen LogP contribution is 2.41. The van der Waals surface area contributed by atoms with Crippen LogP contribution in [0, 0.1) is 0 Å². The summed E-state index contributed by atoms with van der Waals surface area (Å²) in [6, 6.07) is 17.0. The average molecular weight is 574 g/mol. The van der Waals surface area contributed by atoms with Gasteiger partial charge in [-0.3, -0.25) is 0 Å². The molecular formula is C36H46ClN2O2+. The predicted octanol–water partition coefficient (Wildman–Crippen LogP) is 9.15. The number of fused-ring (bicyclic) bond motifs is 1. The van der Waals surface area contributed by atoms with E-state index in [1.165, 1.54) is 33.7 Å². The van der Waals surface area contributed by atoms with E-state index in [0.29, 0.717) is 0 Å². The van der Waals surface area contributed by atoms with Crippen molar-refractivity contribution >= 4 is 28.7 Å². The molecular weight excluding hydrogens is 528 g/mol. The van der Waals surface area contributed by atoms with Crippen molar-refractivity contribution in [2.24, 2.45) is 0 Å². The largest absolute Gasteiger partial charge is 0.362 e. The van der Waals surface area contributed by atoms with Crippen LogP contribution in [0.5, 0.6) is 0 Å². The second kappa shape index (κ2) is 12.9. The Morgan fingerprint density at radius 3 is 2.41 bits per heavy atom. The Bertz CT molecular complexity index is 1410. The van der Waals surface area contributed by atoms with Crippen molar-refractivity contribution in [2.75, 3.05) is 19.5 Å². The van der Waals surface area contributed by atoms with E-state index in [0.717, 1.165) is 30.0 Å². The second-order valence-corrected chi connectivity index (χ2v) is 12.5. The minimum Gasteiger partial charge on any atom is -0.362 e. The maximum Gasteiger partial charge on any atom is 0.260 e.